The Morgan fingerprint density at radius 1 is 1.25 bits per heavy atom. The molecule has 0 bridgehead atoms. The van der Waals surface area contributed by atoms with Gasteiger partial charge in [-0.05, 0) is 24.8 Å². The van der Waals surface area contributed by atoms with Gasteiger partial charge in [0.05, 0.1) is 10.8 Å². The Labute approximate surface area is 124 Å². The van der Waals surface area contributed by atoms with Crippen molar-refractivity contribution in [2.75, 3.05) is 32.7 Å². The highest BCUT2D eigenvalue weighted by molar-refractivity contribution is 7.89. The van der Waals surface area contributed by atoms with E-state index in [1.54, 1.807) is 10.4 Å². The molecule has 5 nitrogen and oxygen atoms in total. The minimum atomic E-state index is -3.37. The van der Waals surface area contributed by atoms with Gasteiger partial charge in [0.25, 0.3) is 0 Å². The third-order valence-electron chi connectivity index (χ3n) is 4.04. The summed E-state index contributed by atoms with van der Waals surface area (Å²) in [7, 11) is -3.37. The monoisotopic (exact) mass is 317 g/mol. The van der Waals surface area contributed by atoms with Crippen molar-refractivity contribution in [2.24, 2.45) is 5.92 Å². The van der Waals surface area contributed by atoms with Gasteiger partial charge < -0.3 is 9.88 Å². The van der Waals surface area contributed by atoms with Crippen LogP contribution in [0, 0.1) is 5.92 Å². The summed E-state index contributed by atoms with van der Waals surface area (Å²) in [5.74, 6) is 1.15. The summed E-state index contributed by atoms with van der Waals surface area (Å²) < 4.78 is 26.6. The third-order valence-corrected chi connectivity index (χ3v) is 6.21. The van der Waals surface area contributed by atoms with E-state index in [4.69, 9.17) is 11.6 Å². The summed E-state index contributed by atoms with van der Waals surface area (Å²) in [6.45, 7) is 3.96. The summed E-state index contributed by atoms with van der Waals surface area (Å²) in [6.07, 6.45) is 4.20. The van der Waals surface area contributed by atoms with E-state index in [0.29, 0.717) is 23.9 Å². The van der Waals surface area contributed by atoms with Gasteiger partial charge >= 0.3 is 0 Å². The fourth-order valence-electron chi connectivity index (χ4n) is 2.61. The Kier molecular flexibility index (Phi) is 4.08. The minimum absolute atomic E-state index is 0.296. The highest BCUT2D eigenvalue weighted by Crippen LogP contribution is 2.30. The molecule has 0 aromatic carbocycles. The molecular formula is C13H20ClN3O2S. The first-order valence-corrected chi connectivity index (χ1v) is 9.03. The van der Waals surface area contributed by atoms with Gasteiger partial charge in [0.15, 0.2) is 0 Å². The van der Waals surface area contributed by atoms with E-state index < -0.39 is 10.0 Å². The molecule has 20 heavy (non-hydrogen) atoms. The lowest BCUT2D eigenvalue weighted by molar-refractivity contribution is 0.182. The number of halogens is 1. The summed E-state index contributed by atoms with van der Waals surface area (Å²) in [6, 6.07) is 1.62. The molecular weight excluding hydrogens is 298 g/mol. The number of aromatic nitrogens is 1. The van der Waals surface area contributed by atoms with Crippen molar-refractivity contribution in [1.82, 2.24) is 14.2 Å². The summed E-state index contributed by atoms with van der Waals surface area (Å²) in [5.41, 5.74) is 0.734. The molecule has 0 amide bonds. The lowest BCUT2D eigenvalue weighted by Gasteiger charge is -2.33. The molecule has 2 fully saturated rings. The van der Waals surface area contributed by atoms with E-state index >= 15 is 0 Å². The SMILES string of the molecule is O=S(=O)(c1c[nH]c(CCl)c1)N1CCN(CC2CC2)CC1. The number of hydrogen-bond donors (Lipinski definition) is 1. The van der Waals surface area contributed by atoms with Crippen LogP contribution in [0.2, 0.25) is 0 Å². The van der Waals surface area contributed by atoms with Crippen LogP contribution in [0.4, 0.5) is 0 Å². The standard InChI is InChI=1S/C13H20ClN3O2S/c14-8-12-7-13(9-15-12)20(18,19)17-5-3-16(4-6-17)10-11-1-2-11/h7,9,11,15H,1-6,8,10H2. The highest BCUT2D eigenvalue weighted by atomic mass is 35.5. The lowest BCUT2D eigenvalue weighted by Crippen LogP contribution is -2.48. The fraction of sp³-hybridized carbons (Fsp3) is 0.692. The number of nitrogens with one attached hydrogen (secondary N) is 1. The minimum Gasteiger partial charge on any atom is -0.363 e. The average Bonchev–Trinajstić information content (AvgIpc) is 3.12. The number of nitrogens with zero attached hydrogens (tertiary/aromatic N) is 2. The van der Waals surface area contributed by atoms with Crippen molar-refractivity contribution in [3.63, 3.8) is 0 Å². The Bertz CT molecular complexity index is 560. The molecule has 1 aromatic rings. The normalized spacial score (nSPS) is 22.2. The first-order chi connectivity index (χ1) is 9.59. The van der Waals surface area contributed by atoms with Gasteiger partial charge in [0, 0.05) is 44.6 Å². The second kappa shape index (κ2) is 5.67. The second-order valence-electron chi connectivity index (χ2n) is 5.64. The first kappa shape index (κ1) is 14.4. The molecule has 2 heterocycles. The van der Waals surface area contributed by atoms with Crippen LogP contribution < -0.4 is 0 Å². The van der Waals surface area contributed by atoms with Crippen LogP contribution in [0.15, 0.2) is 17.2 Å². The number of hydrogen-bond acceptors (Lipinski definition) is 3. The van der Waals surface area contributed by atoms with Crippen LogP contribution in [0.5, 0.6) is 0 Å². The number of aromatic amines is 1. The largest absolute Gasteiger partial charge is 0.363 e. The maximum atomic E-state index is 12.5. The van der Waals surface area contributed by atoms with Crippen molar-refractivity contribution >= 4 is 21.6 Å². The van der Waals surface area contributed by atoms with Crippen LogP contribution in [0.25, 0.3) is 0 Å². The topological polar surface area (TPSA) is 56.4 Å². The van der Waals surface area contributed by atoms with Crippen molar-refractivity contribution in [3.8, 4) is 0 Å². The van der Waals surface area contributed by atoms with E-state index in [9.17, 15) is 8.42 Å². The second-order valence-corrected chi connectivity index (χ2v) is 7.85. The predicted octanol–water partition coefficient (Wildman–Crippen LogP) is 1.47. The Morgan fingerprint density at radius 2 is 1.95 bits per heavy atom. The number of rotatable bonds is 5. The zero-order valence-corrected chi connectivity index (χ0v) is 13.0. The quantitative estimate of drug-likeness (QED) is 0.837. The van der Waals surface area contributed by atoms with E-state index in [-0.39, 0.29) is 0 Å². The average molecular weight is 318 g/mol. The number of H-pyrrole nitrogens is 1. The zero-order chi connectivity index (χ0) is 14.2. The van der Waals surface area contributed by atoms with Gasteiger partial charge in [-0.2, -0.15) is 4.31 Å². The fourth-order valence-corrected chi connectivity index (χ4v) is 4.21. The van der Waals surface area contributed by atoms with Gasteiger partial charge in [0.2, 0.25) is 10.0 Å². The molecule has 1 aliphatic heterocycles. The highest BCUT2D eigenvalue weighted by Gasteiger charge is 2.31. The Morgan fingerprint density at radius 3 is 2.50 bits per heavy atom. The van der Waals surface area contributed by atoms with Gasteiger partial charge in [0.1, 0.15) is 0 Å². The molecule has 0 unspecified atom stereocenters. The molecule has 112 valence electrons. The summed E-state index contributed by atoms with van der Waals surface area (Å²) >= 11 is 5.70. The molecule has 0 radical (unpaired) electrons. The van der Waals surface area contributed by atoms with E-state index in [0.717, 1.165) is 31.2 Å². The summed E-state index contributed by atoms with van der Waals surface area (Å²) in [5, 5.41) is 0. The van der Waals surface area contributed by atoms with Crippen LogP contribution in [0.1, 0.15) is 18.5 Å². The molecule has 3 rings (SSSR count). The van der Waals surface area contributed by atoms with Gasteiger partial charge in [-0.1, -0.05) is 0 Å². The molecule has 2 aliphatic rings. The first-order valence-electron chi connectivity index (χ1n) is 7.05. The van der Waals surface area contributed by atoms with Crippen LogP contribution in [0.3, 0.4) is 0 Å². The van der Waals surface area contributed by atoms with Crippen molar-refractivity contribution in [1.29, 1.82) is 0 Å². The maximum Gasteiger partial charge on any atom is 0.244 e. The number of piperazine rings is 1. The molecule has 0 spiro atoms. The van der Waals surface area contributed by atoms with Crippen LogP contribution >= 0.6 is 11.6 Å². The number of alkyl halides is 1. The Hall–Kier alpha value is -0.560. The molecule has 0 atom stereocenters. The van der Waals surface area contributed by atoms with Gasteiger partial charge in [-0.3, -0.25) is 0 Å². The Balaban J connectivity index is 1.63. The van der Waals surface area contributed by atoms with Crippen molar-refractivity contribution < 1.29 is 8.42 Å². The molecule has 1 aliphatic carbocycles. The third kappa shape index (κ3) is 3.03. The number of sulfonamides is 1. The van der Waals surface area contributed by atoms with E-state index in [2.05, 4.69) is 9.88 Å². The van der Waals surface area contributed by atoms with Crippen molar-refractivity contribution in [2.45, 2.75) is 23.6 Å². The predicted molar refractivity (Wildman–Crippen MR) is 78.3 cm³/mol. The maximum absolute atomic E-state index is 12.5. The lowest BCUT2D eigenvalue weighted by atomic mass is 10.3. The van der Waals surface area contributed by atoms with E-state index in [1.165, 1.54) is 19.0 Å². The summed E-state index contributed by atoms with van der Waals surface area (Å²) in [4.78, 5) is 5.60. The molecule has 1 saturated carbocycles. The molecule has 1 saturated heterocycles. The molecule has 1 N–H and O–H groups in total. The zero-order valence-electron chi connectivity index (χ0n) is 11.4. The van der Waals surface area contributed by atoms with Gasteiger partial charge in [-0.15, -0.1) is 11.6 Å². The van der Waals surface area contributed by atoms with Crippen LogP contribution in [-0.2, 0) is 15.9 Å². The van der Waals surface area contributed by atoms with E-state index in [1.807, 2.05) is 0 Å². The van der Waals surface area contributed by atoms with Gasteiger partial charge in [-0.25, -0.2) is 8.42 Å². The van der Waals surface area contributed by atoms with Crippen LogP contribution in [-0.4, -0.2) is 55.3 Å². The molecule has 7 heteroatoms. The smallest absolute Gasteiger partial charge is 0.244 e. The van der Waals surface area contributed by atoms with Crippen molar-refractivity contribution in [3.05, 3.63) is 18.0 Å². The molecule has 1 aromatic heterocycles.